The van der Waals surface area contributed by atoms with Crippen LogP contribution in [0.3, 0.4) is 0 Å². The lowest BCUT2D eigenvalue weighted by atomic mass is 10.7. The number of nitrogens with one attached hydrogen (secondary N) is 1. The Kier molecular flexibility index (Phi) is 1.02. The van der Waals surface area contributed by atoms with Crippen LogP contribution in [0.25, 0.3) is 0 Å². The largest absolute Gasteiger partial charge is 0.366 e. The Morgan fingerprint density at radius 2 is 2.38 bits per heavy atom. The summed E-state index contributed by atoms with van der Waals surface area (Å²) in [6.07, 6.45) is 0. The third kappa shape index (κ3) is 0.586. The van der Waals surface area contributed by atoms with Crippen LogP contribution in [0.15, 0.2) is 9.32 Å². The summed E-state index contributed by atoms with van der Waals surface area (Å²) in [4.78, 5) is 10.3. The molecule has 3 N–H and O–H groups in total. The van der Waals surface area contributed by atoms with Crippen molar-refractivity contribution in [2.75, 3.05) is 5.73 Å². The van der Waals surface area contributed by atoms with Gasteiger partial charge in [0, 0.05) is 0 Å². The van der Waals surface area contributed by atoms with E-state index in [0.29, 0.717) is 0 Å². The molecule has 0 atom stereocenters. The fraction of sp³-hybridized carbons (Fsp3) is 0. The van der Waals surface area contributed by atoms with E-state index in [1.54, 1.807) is 0 Å². The first-order valence-electron chi connectivity index (χ1n) is 1.84. The maximum atomic E-state index is 10.3. The van der Waals surface area contributed by atoms with Crippen molar-refractivity contribution in [3.8, 4) is 0 Å². The number of aromatic nitrogens is 1. The highest BCUT2D eigenvalue weighted by Crippen LogP contribution is 2.09. The highest BCUT2D eigenvalue weighted by atomic mass is 35.5. The number of H-pyrrole nitrogens is 1. The van der Waals surface area contributed by atoms with Gasteiger partial charge in [-0.3, -0.25) is 4.79 Å². The van der Waals surface area contributed by atoms with Gasteiger partial charge in [0.2, 0.25) is 5.88 Å². The lowest BCUT2D eigenvalue weighted by Crippen LogP contribution is -1.96. The summed E-state index contributed by atoms with van der Waals surface area (Å²) in [5, 5.41) is 1.86. The van der Waals surface area contributed by atoms with Crippen LogP contribution in [0, 0.1) is 0 Å². The Balaban J connectivity index is 3.41. The van der Waals surface area contributed by atoms with Gasteiger partial charge in [0.1, 0.15) is 0 Å². The van der Waals surface area contributed by atoms with Crippen molar-refractivity contribution >= 4 is 17.5 Å². The van der Waals surface area contributed by atoms with E-state index < -0.39 is 5.56 Å². The van der Waals surface area contributed by atoms with E-state index in [1.807, 2.05) is 5.16 Å². The SMILES string of the molecule is Nc1o[nH]c(=O)c1Cl. The van der Waals surface area contributed by atoms with Gasteiger partial charge in [-0.2, -0.15) is 5.16 Å². The molecule has 1 rings (SSSR count). The van der Waals surface area contributed by atoms with Crippen LogP contribution in [0.2, 0.25) is 5.02 Å². The fourth-order valence-electron chi connectivity index (χ4n) is 0.303. The first-order chi connectivity index (χ1) is 3.72. The van der Waals surface area contributed by atoms with E-state index in [1.165, 1.54) is 0 Å². The minimum atomic E-state index is -0.496. The van der Waals surface area contributed by atoms with Gasteiger partial charge in [-0.15, -0.1) is 0 Å². The summed E-state index contributed by atoms with van der Waals surface area (Å²) >= 11 is 5.23. The van der Waals surface area contributed by atoms with Crippen LogP contribution < -0.4 is 11.3 Å². The molecule has 0 aromatic carbocycles. The Bertz CT molecular complexity index is 238. The van der Waals surface area contributed by atoms with Crippen molar-refractivity contribution in [1.29, 1.82) is 0 Å². The molecule has 0 saturated heterocycles. The highest BCUT2D eigenvalue weighted by Gasteiger charge is 2.02. The zero-order valence-corrected chi connectivity index (χ0v) is 4.53. The quantitative estimate of drug-likeness (QED) is 0.533. The van der Waals surface area contributed by atoms with Crippen molar-refractivity contribution in [3.05, 3.63) is 15.4 Å². The molecule has 1 aromatic rings. The molecule has 8 heavy (non-hydrogen) atoms. The average molecular weight is 135 g/mol. The third-order valence-corrected chi connectivity index (χ3v) is 1.03. The Morgan fingerprint density at radius 3 is 2.50 bits per heavy atom. The number of nitrogens with two attached hydrogens (primary N) is 1. The van der Waals surface area contributed by atoms with E-state index >= 15 is 0 Å². The minimum absolute atomic E-state index is 0.0725. The Labute approximate surface area is 49.2 Å². The van der Waals surface area contributed by atoms with Crippen molar-refractivity contribution < 1.29 is 4.52 Å². The number of hydrogen-bond donors (Lipinski definition) is 2. The summed E-state index contributed by atoms with van der Waals surface area (Å²) < 4.78 is 4.30. The third-order valence-electron chi connectivity index (χ3n) is 0.669. The van der Waals surface area contributed by atoms with E-state index in [2.05, 4.69) is 4.52 Å². The summed E-state index contributed by atoms with van der Waals surface area (Å²) in [5.74, 6) is -0.0725. The minimum Gasteiger partial charge on any atom is -0.366 e. The molecule has 0 bridgehead atoms. The topological polar surface area (TPSA) is 72.0 Å². The monoisotopic (exact) mass is 134 g/mol. The van der Waals surface area contributed by atoms with Crippen LogP contribution in [0.1, 0.15) is 0 Å². The van der Waals surface area contributed by atoms with Gasteiger partial charge < -0.3 is 10.3 Å². The lowest BCUT2D eigenvalue weighted by molar-refractivity contribution is 0.430. The zero-order chi connectivity index (χ0) is 6.15. The molecule has 0 aliphatic carbocycles. The van der Waals surface area contributed by atoms with Crippen LogP contribution in [-0.2, 0) is 0 Å². The molecule has 4 nitrogen and oxygen atoms in total. The van der Waals surface area contributed by atoms with Gasteiger partial charge in [0.15, 0.2) is 5.02 Å². The molecular formula is C3H3ClN2O2. The number of hydrogen-bond acceptors (Lipinski definition) is 3. The van der Waals surface area contributed by atoms with Gasteiger partial charge in [0.25, 0.3) is 0 Å². The van der Waals surface area contributed by atoms with Gasteiger partial charge in [-0.25, -0.2) is 0 Å². The van der Waals surface area contributed by atoms with Crippen LogP contribution in [-0.4, -0.2) is 5.16 Å². The molecule has 0 amide bonds. The van der Waals surface area contributed by atoms with E-state index in [9.17, 15) is 4.79 Å². The number of anilines is 1. The molecule has 0 aliphatic rings. The van der Waals surface area contributed by atoms with Gasteiger partial charge in [0.05, 0.1) is 0 Å². The Hall–Kier alpha value is -0.900. The highest BCUT2D eigenvalue weighted by molar-refractivity contribution is 6.32. The molecule has 0 spiro atoms. The second-order valence-corrected chi connectivity index (χ2v) is 1.59. The van der Waals surface area contributed by atoms with Gasteiger partial charge in [-0.05, 0) is 0 Å². The number of halogens is 1. The van der Waals surface area contributed by atoms with E-state index in [4.69, 9.17) is 17.3 Å². The van der Waals surface area contributed by atoms with Crippen molar-refractivity contribution in [2.45, 2.75) is 0 Å². The fourth-order valence-corrected chi connectivity index (χ4v) is 0.380. The van der Waals surface area contributed by atoms with Crippen LogP contribution >= 0.6 is 11.6 Å². The second kappa shape index (κ2) is 1.56. The molecule has 0 fully saturated rings. The number of aromatic amines is 1. The Morgan fingerprint density at radius 1 is 1.75 bits per heavy atom. The van der Waals surface area contributed by atoms with E-state index in [0.717, 1.165) is 0 Å². The molecular weight excluding hydrogens is 131 g/mol. The first kappa shape index (κ1) is 5.24. The van der Waals surface area contributed by atoms with Crippen molar-refractivity contribution in [1.82, 2.24) is 5.16 Å². The summed E-state index contributed by atoms with van der Waals surface area (Å²) in [6.45, 7) is 0. The van der Waals surface area contributed by atoms with Crippen LogP contribution in [0.4, 0.5) is 5.88 Å². The summed E-state index contributed by atoms with van der Waals surface area (Å²) in [7, 11) is 0. The normalized spacial score (nSPS) is 9.62. The van der Waals surface area contributed by atoms with E-state index in [-0.39, 0.29) is 10.9 Å². The second-order valence-electron chi connectivity index (χ2n) is 1.21. The molecule has 0 radical (unpaired) electrons. The molecule has 1 aromatic heterocycles. The number of rotatable bonds is 0. The molecule has 0 aliphatic heterocycles. The molecule has 0 saturated carbocycles. The van der Waals surface area contributed by atoms with Crippen LogP contribution in [0.5, 0.6) is 0 Å². The summed E-state index contributed by atoms with van der Waals surface area (Å²) in [5.41, 5.74) is 4.51. The molecule has 0 unspecified atom stereocenters. The maximum absolute atomic E-state index is 10.3. The average Bonchev–Trinajstić information content (AvgIpc) is 1.98. The van der Waals surface area contributed by atoms with Gasteiger partial charge in [-0.1, -0.05) is 11.6 Å². The van der Waals surface area contributed by atoms with Crippen molar-refractivity contribution in [2.24, 2.45) is 0 Å². The standard InChI is InChI=1S/C3H3ClN2O2/c4-1-2(5)8-6-3(1)7/h5H2,(H,6,7). The smallest absolute Gasteiger partial charge is 0.301 e. The zero-order valence-electron chi connectivity index (χ0n) is 3.77. The molecule has 44 valence electrons. The predicted octanol–water partition coefficient (Wildman–Crippen LogP) is 0.203. The van der Waals surface area contributed by atoms with Crippen molar-refractivity contribution in [3.63, 3.8) is 0 Å². The van der Waals surface area contributed by atoms with Gasteiger partial charge >= 0.3 is 5.56 Å². The lowest BCUT2D eigenvalue weighted by Gasteiger charge is -1.74. The predicted molar refractivity (Wildman–Crippen MR) is 28.8 cm³/mol. The molecule has 5 heteroatoms. The summed E-state index contributed by atoms with van der Waals surface area (Å²) in [6, 6.07) is 0. The number of nitrogen functional groups attached to an aromatic ring is 1. The molecule has 1 heterocycles. The maximum Gasteiger partial charge on any atom is 0.301 e. The first-order valence-corrected chi connectivity index (χ1v) is 2.22.